The van der Waals surface area contributed by atoms with E-state index in [2.05, 4.69) is 12.9 Å². The first-order valence-electron chi connectivity index (χ1n) is 32.0. The van der Waals surface area contributed by atoms with Gasteiger partial charge in [0.2, 0.25) is 0 Å². The van der Waals surface area contributed by atoms with Crippen molar-refractivity contribution in [3.8, 4) is 86.2 Å². The lowest BCUT2D eigenvalue weighted by atomic mass is 9.64. The van der Waals surface area contributed by atoms with Gasteiger partial charge in [-0.05, 0) is 173 Å². The third-order valence-corrected chi connectivity index (χ3v) is 16.4. The Kier molecular flexibility index (Phi) is 23.0. The SMILES string of the molecule is CB1OCc2cc(Oc3ccc(C(=O)O)cc3O)ccc21.CCC(=O)Oc1ccc(Oc2ccc3c(c2)COB3C)c(O)c1.CCC(=O)Oc1ccc(Oc2ccc3c(c2)COB3C)c(OC)c1.CCC(=O)Oc1ccc(Oc2ccc3c(c2)COB3C)c(OC2CCCC2)c1. The highest BCUT2D eigenvalue weighted by atomic mass is 16.6. The van der Waals surface area contributed by atoms with Gasteiger partial charge in [0, 0.05) is 37.5 Å². The number of ether oxygens (including phenoxy) is 9. The van der Waals surface area contributed by atoms with E-state index in [0.717, 1.165) is 57.8 Å². The number of phenols is 2. The Morgan fingerprint density at radius 1 is 0.406 bits per heavy atom. The minimum atomic E-state index is -1.10. The summed E-state index contributed by atoms with van der Waals surface area (Å²) in [4.78, 5) is 45.1. The highest BCUT2D eigenvalue weighted by Gasteiger charge is 2.28. The lowest BCUT2D eigenvalue weighted by Crippen LogP contribution is -2.23. The Hall–Kier alpha value is -9.86. The van der Waals surface area contributed by atoms with Crippen LogP contribution in [0.1, 0.15) is 98.3 Å². The van der Waals surface area contributed by atoms with Crippen LogP contribution in [0, 0.1) is 0 Å². The molecule has 3 N–H and O–H groups in total. The molecular formula is C72H74B4O20. The van der Waals surface area contributed by atoms with Crippen LogP contribution < -0.4 is 64.5 Å². The molecule has 8 aromatic carbocycles. The van der Waals surface area contributed by atoms with Crippen molar-refractivity contribution in [1.29, 1.82) is 0 Å². The van der Waals surface area contributed by atoms with E-state index in [-0.39, 0.29) is 86.7 Å². The number of hydrogen-bond acceptors (Lipinski definition) is 19. The van der Waals surface area contributed by atoms with Crippen LogP contribution in [0.2, 0.25) is 27.3 Å². The van der Waals surface area contributed by atoms with Crippen molar-refractivity contribution in [2.24, 2.45) is 0 Å². The number of esters is 3. The second kappa shape index (κ2) is 32.0. The number of fused-ring (bicyclic) bond motifs is 4. The van der Waals surface area contributed by atoms with Crippen molar-refractivity contribution in [1.82, 2.24) is 0 Å². The van der Waals surface area contributed by atoms with Gasteiger partial charge in [-0.1, -0.05) is 72.3 Å². The van der Waals surface area contributed by atoms with Crippen LogP contribution in [0.4, 0.5) is 0 Å². The zero-order valence-corrected chi connectivity index (χ0v) is 54.8. The predicted molar refractivity (Wildman–Crippen MR) is 363 cm³/mol. The third-order valence-electron chi connectivity index (χ3n) is 16.4. The van der Waals surface area contributed by atoms with E-state index < -0.39 is 5.97 Å². The molecule has 1 saturated carbocycles. The standard InChI is InChI=1S/C22H25BO5.C18H19BO5.C17H17BO5.C15H13BO5/c1-3-22(24)28-18-9-11-20(21(13-18)26-16-6-4-5-7-16)27-17-8-10-19-15(12-17)14-25-23(19)2;1-4-18(20)24-14-6-8-16(17(10-14)21-3)23-13-5-7-15-12(9-13)11-22-19(15)2;1-3-17(20)23-13-5-7-16(15(19)9-13)22-12-4-6-14-11(8-12)10-21-18(14)2;1-16-12-4-3-11(6-10(12)8-20-16)21-14-5-2-9(15(18)19)7-13(14)17/h8-13,16H,3-7,14H2,1-2H3;5-10H,4,11H2,1-3H3;4-9,19H,3,10H2,1-2H3;2-7,17H,8H2,1H3,(H,18,19). The number of carboxylic acid groups (broad SMARTS) is 1. The molecule has 24 heteroatoms. The first kappa shape index (κ1) is 69.0. The number of carboxylic acids is 1. The van der Waals surface area contributed by atoms with Gasteiger partial charge in [0.05, 0.1) is 45.2 Å². The summed E-state index contributed by atoms with van der Waals surface area (Å²) in [7, 11) is 1.55. The highest BCUT2D eigenvalue weighted by Crippen LogP contribution is 2.40. The molecular weight excluding hydrogens is 1230 g/mol. The molecule has 0 saturated heterocycles. The quantitative estimate of drug-likeness (QED) is 0.0410. The van der Waals surface area contributed by atoms with Crippen LogP contribution in [0.15, 0.2) is 146 Å². The molecule has 0 atom stereocenters. The third kappa shape index (κ3) is 17.7. The molecule has 8 aromatic rings. The topological polar surface area (TPSA) is 249 Å². The fourth-order valence-electron chi connectivity index (χ4n) is 11.1. The van der Waals surface area contributed by atoms with Gasteiger partial charge in [0.25, 0.3) is 0 Å². The van der Waals surface area contributed by atoms with E-state index in [0.29, 0.717) is 96.8 Å². The van der Waals surface area contributed by atoms with E-state index in [1.807, 2.05) is 81.1 Å². The van der Waals surface area contributed by atoms with Gasteiger partial charge in [-0.2, -0.15) is 0 Å². The second-order valence-corrected chi connectivity index (χ2v) is 23.2. The van der Waals surface area contributed by atoms with Crippen molar-refractivity contribution in [3.63, 3.8) is 0 Å². The molecule has 1 fully saturated rings. The summed E-state index contributed by atoms with van der Waals surface area (Å²) in [5.74, 6) is 4.34. The summed E-state index contributed by atoms with van der Waals surface area (Å²) in [5.41, 5.74) is 9.12. The van der Waals surface area contributed by atoms with Gasteiger partial charge in [-0.15, -0.1) is 0 Å². The molecule has 20 nitrogen and oxygen atoms in total. The van der Waals surface area contributed by atoms with Crippen molar-refractivity contribution < 1.29 is 95.7 Å². The maximum atomic E-state index is 11.6. The minimum absolute atomic E-state index is 0.0102. The molecule has 0 radical (unpaired) electrons. The molecule has 0 bridgehead atoms. The first-order valence-corrected chi connectivity index (χ1v) is 32.0. The molecule has 0 amide bonds. The summed E-state index contributed by atoms with van der Waals surface area (Å²) in [6.45, 7) is 16.0. The van der Waals surface area contributed by atoms with Crippen LogP contribution in [0.3, 0.4) is 0 Å². The Morgan fingerprint density at radius 3 is 1.08 bits per heavy atom. The zero-order chi connectivity index (χ0) is 68.0. The van der Waals surface area contributed by atoms with Gasteiger partial charge in [0.15, 0.2) is 46.0 Å². The number of carbonyl (C=O) groups excluding carboxylic acids is 3. The number of benzene rings is 8. The molecule has 1 aliphatic carbocycles. The average Bonchev–Trinajstić information content (AvgIpc) is 1.67. The number of aromatic carboxylic acids is 1. The summed E-state index contributed by atoms with van der Waals surface area (Å²) in [6, 6.07) is 42.1. The van der Waals surface area contributed by atoms with Crippen LogP contribution in [0.5, 0.6) is 86.2 Å². The first-order chi connectivity index (χ1) is 46.3. The van der Waals surface area contributed by atoms with Gasteiger partial charge in [-0.25, -0.2) is 4.79 Å². The lowest BCUT2D eigenvalue weighted by Gasteiger charge is -2.18. The summed E-state index contributed by atoms with van der Waals surface area (Å²) in [5, 5.41) is 28.7. The molecule has 0 spiro atoms. The number of phenolic OH excluding ortho intramolecular Hbond substituents is 2. The zero-order valence-electron chi connectivity index (χ0n) is 54.8. The smallest absolute Gasteiger partial charge is 0.335 e. The van der Waals surface area contributed by atoms with Crippen molar-refractivity contribution in [2.75, 3.05) is 7.11 Å². The van der Waals surface area contributed by atoms with Crippen LogP contribution >= 0.6 is 0 Å². The molecule has 96 heavy (non-hydrogen) atoms. The van der Waals surface area contributed by atoms with Crippen LogP contribution in [-0.2, 0) is 59.4 Å². The van der Waals surface area contributed by atoms with Gasteiger partial charge in [-0.3, -0.25) is 14.4 Å². The van der Waals surface area contributed by atoms with E-state index >= 15 is 0 Å². The normalized spacial score (nSPS) is 13.8. The average molecular weight is 1300 g/mol. The largest absolute Gasteiger partial charge is 0.504 e. The van der Waals surface area contributed by atoms with Gasteiger partial charge >= 0.3 is 51.5 Å². The molecule has 4 heterocycles. The van der Waals surface area contributed by atoms with E-state index in [1.54, 1.807) is 82.5 Å². The molecule has 494 valence electrons. The van der Waals surface area contributed by atoms with Gasteiger partial charge in [0.1, 0.15) is 40.2 Å². The van der Waals surface area contributed by atoms with E-state index in [1.165, 1.54) is 42.0 Å². The summed E-state index contributed by atoms with van der Waals surface area (Å²) in [6.07, 6.45) is 5.51. The van der Waals surface area contributed by atoms with Crippen molar-refractivity contribution >= 4 is 73.4 Å². The Labute approximate surface area is 559 Å². The fraction of sp³-hybridized carbons (Fsp3) is 0.278. The van der Waals surface area contributed by atoms with Crippen LogP contribution in [0.25, 0.3) is 0 Å². The molecule has 13 rings (SSSR count). The highest BCUT2D eigenvalue weighted by molar-refractivity contribution is 6.68. The Balaban J connectivity index is 0.000000140. The monoisotopic (exact) mass is 1300 g/mol. The lowest BCUT2D eigenvalue weighted by molar-refractivity contribution is -0.134. The molecule has 0 unspecified atom stereocenters. The van der Waals surface area contributed by atoms with Crippen molar-refractivity contribution in [2.45, 2.75) is 126 Å². The maximum absolute atomic E-state index is 11.6. The number of aromatic hydroxyl groups is 2. The van der Waals surface area contributed by atoms with E-state index in [9.17, 15) is 29.4 Å². The number of methoxy groups -OCH3 is 1. The molecule has 4 aliphatic heterocycles. The molecule has 0 aromatic heterocycles. The number of carbonyl (C=O) groups is 4. The maximum Gasteiger partial charge on any atom is 0.335 e. The fourth-order valence-corrected chi connectivity index (χ4v) is 11.1. The Morgan fingerprint density at radius 2 is 0.729 bits per heavy atom. The second-order valence-electron chi connectivity index (χ2n) is 23.2. The minimum Gasteiger partial charge on any atom is -0.504 e. The summed E-state index contributed by atoms with van der Waals surface area (Å²) >= 11 is 0. The molecule has 5 aliphatic rings. The van der Waals surface area contributed by atoms with E-state index in [4.69, 9.17) is 66.4 Å². The number of hydrogen-bond donors (Lipinski definition) is 3. The van der Waals surface area contributed by atoms with Crippen LogP contribution in [-0.4, -0.2) is 80.1 Å². The summed E-state index contributed by atoms with van der Waals surface area (Å²) < 4.78 is 72.9. The Bertz CT molecular complexity index is 4120. The van der Waals surface area contributed by atoms with Crippen molar-refractivity contribution in [3.05, 3.63) is 173 Å². The van der Waals surface area contributed by atoms with Gasteiger partial charge < -0.3 is 76.6 Å². The number of rotatable bonds is 18. The predicted octanol–water partition coefficient (Wildman–Crippen LogP) is 12.7.